The predicted molar refractivity (Wildman–Crippen MR) is 75.7 cm³/mol. The lowest BCUT2D eigenvalue weighted by Crippen LogP contribution is -2.48. The maximum absolute atomic E-state index is 13.7. The Kier molecular flexibility index (Phi) is 5.06. The molecule has 4 nitrogen and oxygen atoms in total. The van der Waals surface area contributed by atoms with Gasteiger partial charge in [-0.2, -0.15) is 0 Å². The van der Waals surface area contributed by atoms with Crippen molar-refractivity contribution in [2.75, 3.05) is 13.1 Å². The van der Waals surface area contributed by atoms with Crippen molar-refractivity contribution < 1.29 is 9.18 Å². The average Bonchev–Trinajstić information content (AvgIpc) is 2.49. The zero-order valence-corrected chi connectivity index (χ0v) is 11.9. The normalized spacial score (nSPS) is 22.6. The van der Waals surface area contributed by atoms with E-state index in [1.807, 2.05) is 6.92 Å². The van der Waals surface area contributed by atoms with Crippen LogP contribution in [-0.4, -0.2) is 34.9 Å². The minimum Gasteiger partial charge on any atom is -0.336 e. The zero-order chi connectivity index (χ0) is 14.5. The summed E-state index contributed by atoms with van der Waals surface area (Å²) in [4.78, 5) is 18.0. The molecule has 0 aliphatic heterocycles. The van der Waals surface area contributed by atoms with Gasteiger partial charge >= 0.3 is 0 Å². The smallest absolute Gasteiger partial charge is 0.257 e. The van der Waals surface area contributed by atoms with Gasteiger partial charge in [0.05, 0.1) is 11.8 Å². The first-order chi connectivity index (χ1) is 9.69. The Hall–Kier alpha value is -1.49. The summed E-state index contributed by atoms with van der Waals surface area (Å²) in [5.41, 5.74) is 5.93. The van der Waals surface area contributed by atoms with Crippen molar-refractivity contribution in [2.45, 2.75) is 38.6 Å². The van der Waals surface area contributed by atoms with E-state index in [4.69, 9.17) is 5.73 Å². The third-order valence-corrected chi connectivity index (χ3v) is 4.18. The molecule has 2 N–H and O–H groups in total. The van der Waals surface area contributed by atoms with Crippen molar-refractivity contribution in [2.24, 2.45) is 11.7 Å². The molecule has 20 heavy (non-hydrogen) atoms. The maximum atomic E-state index is 13.7. The molecule has 2 unspecified atom stereocenters. The summed E-state index contributed by atoms with van der Waals surface area (Å²) in [6.45, 7) is 3.08. The van der Waals surface area contributed by atoms with Gasteiger partial charge in [0, 0.05) is 18.8 Å². The Labute approximate surface area is 119 Å². The number of rotatable bonds is 4. The molecule has 0 radical (unpaired) electrons. The molecule has 1 aromatic heterocycles. The molecule has 1 saturated carbocycles. The third-order valence-electron chi connectivity index (χ3n) is 4.18. The van der Waals surface area contributed by atoms with Crippen LogP contribution in [-0.2, 0) is 0 Å². The number of carbonyl (C=O) groups is 1. The van der Waals surface area contributed by atoms with Crippen LogP contribution in [0, 0.1) is 11.7 Å². The van der Waals surface area contributed by atoms with Gasteiger partial charge in [0.1, 0.15) is 0 Å². The highest BCUT2D eigenvalue weighted by molar-refractivity contribution is 5.94. The molecule has 0 spiro atoms. The fraction of sp³-hybridized carbons (Fsp3) is 0.600. The monoisotopic (exact) mass is 279 g/mol. The number of nitrogens with two attached hydrogens (primary N) is 1. The lowest BCUT2D eigenvalue weighted by Gasteiger charge is -2.39. The maximum Gasteiger partial charge on any atom is 0.257 e. The molecule has 1 aliphatic rings. The van der Waals surface area contributed by atoms with E-state index in [1.54, 1.807) is 4.90 Å². The van der Waals surface area contributed by atoms with E-state index in [1.165, 1.54) is 12.3 Å². The van der Waals surface area contributed by atoms with Crippen LogP contribution >= 0.6 is 0 Å². The van der Waals surface area contributed by atoms with Crippen molar-refractivity contribution >= 4 is 5.91 Å². The minimum absolute atomic E-state index is 0.100. The van der Waals surface area contributed by atoms with Gasteiger partial charge in [-0.25, -0.2) is 4.39 Å². The number of halogens is 1. The van der Waals surface area contributed by atoms with Crippen LogP contribution in [0.2, 0.25) is 0 Å². The zero-order valence-electron chi connectivity index (χ0n) is 11.9. The number of hydrogen-bond acceptors (Lipinski definition) is 3. The number of pyridine rings is 1. The first kappa shape index (κ1) is 14.9. The van der Waals surface area contributed by atoms with E-state index >= 15 is 0 Å². The third kappa shape index (κ3) is 2.98. The van der Waals surface area contributed by atoms with Crippen molar-refractivity contribution in [1.82, 2.24) is 9.88 Å². The summed E-state index contributed by atoms with van der Waals surface area (Å²) >= 11 is 0. The Morgan fingerprint density at radius 3 is 2.90 bits per heavy atom. The van der Waals surface area contributed by atoms with Gasteiger partial charge in [-0.1, -0.05) is 12.8 Å². The quantitative estimate of drug-likeness (QED) is 0.919. The van der Waals surface area contributed by atoms with Gasteiger partial charge in [0.25, 0.3) is 5.91 Å². The molecule has 5 heteroatoms. The van der Waals surface area contributed by atoms with Gasteiger partial charge < -0.3 is 10.6 Å². The largest absolute Gasteiger partial charge is 0.336 e. The molecule has 1 heterocycles. The highest BCUT2D eigenvalue weighted by Gasteiger charge is 2.32. The molecule has 0 bridgehead atoms. The van der Waals surface area contributed by atoms with Crippen LogP contribution in [0.3, 0.4) is 0 Å². The summed E-state index contributed by atoms with van der Waals surface area (Å²) < 4.78 is 13.7. The number of aromatic nitrogens is 1. The van der Waals surface area contributed by atoms with Crippen molar-refractivity contribution in [3.8, 4) is 0 Å². The van der Waals surface area contributed by atoms with Crippen LogP contribution in [0.4, 0.5) is 4.39 Å². The molecule has 1 aromatic rings. The standard InChI is InChI=1S/C15H22FN3O/c1-2-19(14-6-4-3-5-11(14)9-17)15(20)12-7-8-18-10-13(12)16/h7-8,10-11,14H,2-6,9,17H2,1H3. The SMILES string of the molecule is CCN(C(=O)c1ccncc1F)C1CCCCC1CN. The van der Waals surface area contributed by atoms with E-state index < -0.39 is 5.82 Å². The van der Waals surface area contributed by atoms with Crippen LogP contribution < -0.4 is 5.73 Å². The lowest BCUT2D eigenvalue weighted by atomic mass is 9.83. The summed E-state index contributed by atoms with van der Waals surface area (Å²) in [5, 5.41) is 0. The van der Waals surface area contributed by atoms with E-state index in [-0.39, 0.29) is 17.5 Å². The molecule has 110 valence electrons. The molecule has 0 aromatic carbocycles. The average molecular weight is 279 g/mol. The predicted octanol–water partition coefficient (Wildman–Crippen LogP) is 2.20. The van der Waals surface area contributed by atoms with Crippen molar-refractivity contribution in [3.63, 3.8) is 0 Å². The molecule has 1 fully saturated rings. The number of hydrogen-bond donors (Lipinski definition) is 1. The highest BCUT2D eigenvalue weighted by Crippen LogP contribution is 2.29. The summed E-state index contributed by atoms with van der Waals surface area (Å²) in [6.07, 6.45) is 6.79. The van der Waals surface area contributed by atoms with Gasteiger partial charge in [-0.15, -0.1) is 0 Å². The number of nitrogens with zero attached hydrogens (tertiary/aromatic N) is 2. The van der Waals surface area contributed by atoms with E-state index in [0.29, 0.717) is 19.0 Å². The minimum atomic E-state index is -0.559. The highest BCUT2D eigenvalue weighted by atomic mass is 19.1. The van der Waals surface area contributed by atoms with Crippen LogP contribution in [0.25, 0.3) is 0 Å². The van der Waals surface area contributed by atoms with Gasteiger partial charge in [0.2, 0.25) is 0 Å². The van der Waals surface area contributed by atoms with Gasteiger partial charge in [-0.3, -0.25) is 9.78 Å². The molecular weight excluding hydrogens is 257 g/mol. The van der Waals surface area contributed by atoms with Crippen LogP contribution in [0.5, 0.6) is 0 Å². The molecule has 0 saturated heterocycles. The summed E-state index contributed by atoms with van der Waals surface area (Å²) in [7, 11) is 0. The van der Waals surface area contributed by atoms with E-state index in [2.05, 4.69) is 4.98 Å². The number of amides is 1. The Balaban J connectivity index is 2.23. The van der Waals surface area contributed by atoms with Gasteiger partial charge in [0.15, 0.2) is 5.82 Å². The van der Waals surface area contributed by atoms with Crippen LogP contribution in [0.1, 0.15) is 43.0 Å². The van der Waals surface area contributed by atoms with E-state index in [9.17, 15) is 9.18 Å². The first-order valence-electron chi connectivity index (χ1n) is 7.29. The fourth-order valence-electron chi connectivity index (χ4n) is 3.11. The van der Waals surface area contributed by atoms with Crippen molar-refractivity contribution in [1.29, 1.82) is 0 Å². The fourth-order valence-corrected chi connectivity index (χ4v) is 3.11. The Morgan fingerprint density at radius 2 is 2.25 bits per heavy atom. The molecular formula is C15H22FN3O. The molecule has 2 atom stereocenters. The second kappa shape index (κ2) is 6.79. The Bertz CT molecular complexity index is 466. The molecule has 1 amide bonds. The van der Waals surface area contributed by atoms with E-state index in [0.717, 1.165) is 31.9 Å². The second-order valence-corrected chi connectivity index (χ2v) is 5.29. The lowest BCUT2D eigenvalue weighted by molar-refractivity contribution is 0.0555. The summed E-state index contributed by atoms with van der Waals surface area (Å²) in [6, 6.07) is 1.57. The number of carbonyl (C=O) groups excluding carboxylic acids is 1. The molecule has 2 rings (SSSR count). The molecule has 1 aliphatic carbocycles. The topological polar surface area (TPSA) is 59.2 Å². The van der Waals surface area contributed by atoms with Gasteiger partial charge in [-0.05, 0) is 38.3 Å². The first-order valence-corrected chi connectivity index (χ1v) is 7.29. The Morgan fingerprint density at radius 1 is 1.50 bits per heavy atom. The second-order valence-electron chi connectivity index (χ2n) is 5.29. The summed E-state index contributed by atoms with van der Waals surface area (Å²) in [5.74, 6) is -0.494. The van der Waals surface area contributed by atoms with Crippen molar-refractivity contribution in [3.05, 3.63) is 29.8 Å². The van der Waals surface area contributed by atoms with Crippen LogP contribution in [0.15, 0.2) is 18.5 Å².